The third-order valence-corrected chi connectivity index (χ3v) is 3.17. The summed E-state index contributed by atoms with van der Waals surface area (Å²) in [6.45, 7) is 1.58. The van der Waals surface area contributed by atoms with E-state index < -0.39 is 0 Å². The summed E-state index contributed by atoms with van der Waals surface area (Å²) >= 11 is 0. The molecule has 1 saturated heterocycles. The molecule has 0 spiro atoms. The third kappa shape index (κ3) is 2.01. The van der Waals surface area contributed by atoms with Gasteiger partial charge >= 0.3 is 0 Å². The smallest absolute Gasteiger partial charge is 0.230 e. The predicted molar refractivity (Wildman–Crippen MR) is 68.9 cm³/mol. The molecule has 0 bridgehead atoms. The molecule has 0 saturated carbocycles. The van der Waals surface area contributed by atoms with Crippen LogP contribution in [0.1, 0.15) is 0 Å². The zero-order valence-corrected chi connectivity index (χ0v) is 9.44. The summed E-state index contributed by atoms with van der Waals surface area (Å²) in [5, 5.41) is 8.39. The zero-order valence-electron chi connectivity index (χ0n) is 9.44. The van der Waals surface area contributed by atoms with Gasteiger partial charge < -0.3 is 10.6 Å². The van der Waals surface area contributed by atoms with Crippen LogP contribution in [0, 0.1) is 5.92 Å². The van der Waals surface area contributed by atoms with E-state index in [0.717, 1.165) is 24.2 Å². The standard InChI is InChI=1S/C14H14N2O/c17-14(12-8-15-9-12)16-13-6-5-10-3-1-2-4-11(10)7-13/h1-7,12,15H,8-9H2,(H,16,17). The molecule has 0 atom stereocenters. The van der Waals surface area contributed by atoms with Crippen molar-refractivity contribution in [2.24, 2.45) is 5.92 Å². The van der Waals surface area contributed by atoms with Gasteiger partial charge in [0, 0.05) is 18.8 Å². The SMILES string of the molecule is O=C(Nc1ccc2ccccc2c1)C1CNC1. The number of benzene rings is 2. The fourth-order valence-electron chi connectivity index (χ4n) is 1.99. The Kier molecular flexibility index (Phi) is 2.53. The van der Waals surface area contributed by atoms with Gasteiger partial charge in [0.05, 0.1) is 5.92 Å². The molecule has 0 unspecified atom stereocenters. The summed E-state index contributed by atoms with van der Waals surface area (Å²) in [4.78, 5) is 11.8. The predicted octanol–water partition coefficient (Wildman–Crippen LogP) is 2.00. The molecule has 1 heterocycles. The number of amides is 1. The number of carbonyl (C=O) groups excluding carboxylic acids is 1. The summed E-state index contributed by atoms with van der Waals surface area (Å²) in [6, 6.07) is 14.1. The number of nitrogens with one attached hydrogen (secondary N) is 2. The Morgan fingerprint density at radius 3 is 2.59 bits per heavy atom. The number of hydrogen-bond donors (Lipinski definition) is 2. The second-order valence-corrected chi connectivity index (χ2v) is 4.41. The van der Waals surface area contributed by atoms with Crippen LogP contribution >= 0.6 is 0 Å². The fraction of sp³-hybridized carbons (Fsp3) is 0.214. The van der Waals surface area contributed by atoms with Crippen molar-refractivity contribution in [1.29, 1.82) is 0 Å². The zero-order chi connectivity index (χ0) is 11.7. The van der Waals surface area contributed by atoms with Crippen molar-refractivity contribution in [3.05, 3.63) is 42.5 Å². The van der Waals surface area contributed by atoms with Gasteiger partial charge in [-0.3, -0.25) is 4.79 Å². The minimum atomic E-state index is 0.110. The lowest BCUT2D eigenvalue weighted by Crippen LogP contribution is -2.48. The lowest BCUT2D eigenvalue weighted by Gasteiger charge is -2.25. The van der Waals surface area contributed by atoms with Gasteiger partial charge in [-0.25, -0.2) is 0 Å². The molecule has 3 nitrogen and oxygen atoms in total. The first-order valence-corrected chi connectivity index (χ1v) is 5.83. The Morgan fingerprint density at radius 2 is 1.88 bits per heavy atom. The Balaban J connectivity index is 1.82. The van der Waals surface area contributed by atoms with Gasteiger partial charge in [0.2, 0.25) is 5.91 Å². The average molecular weight is 226 g/mol. The second-order valence-electron chi connectivity index (χ2n) is 4.41. The monoisotopic (exact) mass is 226 g/mol. The fourth-order valence-corrected chi connectivity index (χ4v) is 1.99. The van der Waals surface area contributed by atoms with Gasteiger partial charge in [0.15, 0.2) is 0 Å². The van der Waals surface area contributed by atoms with E-state index in [1.807, 2.05) is 30.3 Å². The molecule has 1 fully saturated rings. The van der Waals surface area contributed by atoms with Crippen molar-refractivity contribution < 1.29 is 4.79 Å². The van der Waals surface area contributed by atoms with E-state index in [2.05, 4.69) is 22.8 Å². The van der Waals surface area contributed by atoms with Crippen LogP contribution in [0.3, 0.4) is 0 Å². The van der Waals surface area contributed by atoms with E-state index >= 15 is 0 Å². The van der Waals surface area contributed by atoms with Gasteiger partial charge in [-0.15, -0.1) is 0 Å². The molecule has 0 aromatic heterocycles. The van der Waals surface area contributed by atoms with Crippen LogP contribution < -0.4 is 10.6 Å². The van der Waals surface area contributed by atoms with E-state index in [1.165, 1.54) is 5.39 Å². The van der Waals surface area contributed by atoms with Crippen LogP contribution in [0.5, 0.6) is 0 Å². The maximum absolute atomic E-state index is 11.8. The average Bonchev–Trinajstić information content (AvgIpc) is 2.26. The van der Waals surface area contributed by atoms with Crippen LogP contribution in [0.4, 0.5) is 5.69 Å². The Hall–Kier alpha value is -1.87. The largest absolute Gasteiger partial charge is 0.326 e. The highest BCUT2D eigenvalue weighted by Crippen LogP contribution is 2.19. The van der Waals surface area contributed by atoms with Crippen LogP contribution in [0.25, 0.3) is 10.8 Å². The Morgan fingerprint density at radius 1 is 1.12 bits per heavy atom. The normalized spacial score (nSPS) is 15.5. The van der Waals surface area contributed by atoms with Crippen LogP contribution in [-0.4, -0.2) is 19.0 Å². The van der Waals surface area contributed by atoms with Crippen molar-refractivity contribution in [2.45, 2.75) is 0 Å². The van der Waals surface area contributed by atoms with E-state index in [9.17, 15) is 4.79 Å². The van der Waals surface area contributed by atoms with Gasteiger partial charge in [-0.05, 0) is 22.9 Å². The molecule has 2 aromatic rings. The summed E-state index contributed by atoms with van der Waals surface area (Å²) in [5.41, 5.74) is 0.876. The molecule has 2 aromatic carbocycles. The number of fused-ring (bicyclic) bond motifs is 1. The quantitative estimate of drug-likeness (QED) is 0.822. The molecular formula is C14H14N2O. The van der Waals surface area contributed by atoms with Crippen LogP contribution in [-0.2, 0) is 4.79 Å². The highest BCUT2D eigenvalue weighted by Gasteiger charge is 2.24. The highest BCUT2D eigenvalue weighted by atomic mass is 16.2. The van der Waals surface area contributed by atoms with E-state index in [4.69, 9.17) is 0 Å². The van der Waals surface area contributed by atoms with Crippen molar-refractivity contribution in [2.75, 3.05) is 18.4 Å². The summed E-state index contributed by atoms with van der Waals surface area (Å²) in [7, 11) is 0. The van der Waals surface area contributed by atoms with Gasteiger partial charge in [0.25, 0.3) is 0 Å². The molecule has 2 N–H and O–H groups in total. The molecule has 17 heavy (non-hydrogen) atoms. The summed E-state index contributed by atoms with van der Waals surface area (Å²) in [5.74, 6) is 0.237. The lowest BCUT2D eigenvalue weighted by molar-refractivity contribution is -0.121. The first-order valence-electron chi connectivity index (χ1n) is 5.83. The van der Waals surface area contributed by atoms with E-state index in [0.29, 0.717) is 0 Å². The van der Waals surface area contributed by atoms with E-state index in [1.54, 1.807) is 0 Å². The molecule has 0 radical (unpaired) electrons. The van der Waals surface area contributed by atoms with Crippen molar-refractivity contribution >= 4 is 22.4 Å². The minimum Gasteiger partial charge on any atom is -0.326 e. The number of rotatable bonds is 2. The topological polar surface area (TPSA) is 41.1 Å². The van der Waals surface area contributed by atoms with Gasteiger partial charge in [-0.2, -0.15) is 0 Å². The third-order valence-electron chi connectivity index (χ3n) is 3.17. The van der Waals surface area contributed by atoms with Gasteiger partial charge in [-0.1, -0.05) is 30.3 Å². The summed E-state index contributed by atoms with van der Waals surface area (Å²) < 4.78 is 0. The maximum atomic E-state index is 11.8. The highest BCUT2D eigenvalue weighted by molar-refractivity contribution is 5.96. The molecule has 1 aliphatic heterocycles. The Labute approximate surface area is 99.8 Å². The van der Waals surface area contributed by atoms with E-state index in [-0.39, 0.29) is 11.8 Å². The van der Waals surface area contributed by atoms with Crippen molar-refractivity contribution in [3.8, 4) is 0 Å². The second kappa shape index (κ2) is 4.18. The molecule has 1 amide bonds. The minimum absolute atomic E-state index is 0.110. The molecule has 1 aliphatic rings. The first-order chi connectivity index (χ1) is 8.33. The number of anilines is 1. The Bertz CT molecular complexity index is 561. The molecule has 86 valence electrons. The molecule has 3 heteroatoms. The first kappa shape index (κ1) is 10.3. The molecule has 0 aliphatic carbocycles. The molecule has 3 rings (SSSR count). The van der Waals surface area contributed by atoms with Crippen molar-refractivity contribution in [1.82, 2.24) is 5.32 Å². The van der Waals surface area contributed by atoms with Crippen LogP contribution in [0.15, 0.2) is 42.5 Å². The lowest BCUT2D eigenvalue weighted by atomic mass is 10.0. The number of carbonyl (C=O) groups is 1. The van der Waals surface area contributed by atoms with Crippen molar-refractivity contribution in [3.63, 3.8) is 0 Å². The van der Waals surface area contributed by atoms with Crippen LogP contribution in [0.2, 0.25) is 0 Å². The summed E-state index contributed by atoms with van der Waals surface area (Å²) in [6.07, 6.45) is 0. The number of hydrogen-bond acceptors (Lipinski definition) is 2. The molecular weight excluding hydrogens is 212 g/mol. The van der Waals surface area contributed by atoms with Gasteiger partial charge in [0.1, 0.15) is 0 Å². The maximum Gasteiger partial charge on any atom is 0.230 e.